The van der Waals surface area contributed by atoms with Gasteiger partial charge in [-0.25, -0.2) is 4.79 Å². The van der Waals surface area contributed by atoms with Crippen molar-refractivity contribution >= 4 is 17.7 Å². The van der Waals surface area contributed by atoms with Crippen LogP contribution in [-0.4, -0.2) is 76.3 Å². The molecular formula is C42H53NO9. The quantitative estimate of drug-likeness (QED) is 0.270. The van der Waals surface area contributed by atoms with Crippen LogP contribution < -0.4 is 0 Å². The highest BCUT2D eigenvalue weighted by atomic mass is 16.7. The Labute approximate surface area is 307 Å². The van der Waals surface area contributed by atoms with Gasteiger partial charge in [-0.1, -0.05) is 69.7 Å². The number of aromatic nitrogens is 1. The SMILES string of the molecule is CC1=C[C@H]2C(=O)O[C@H]3C[C@@H](C/C=C(\C)C[C@@H](C)/C=C/C=C4\CO[C@H]([C@@H]1OC(=O)c1cccnc1)[C@@]42O)O[C@@]1(CC(=O)[C@H](C)[C@@H](/C(C)=C/C(C)C)O1)C3. The molecule has 6 rings (SSSR count). The van der Waals surface area contributed by atoms with Gasteiger partial charge < -0.3 is 28.8 Å². The molecule has 1 N–H and O–H groups in total. The van der Waals surface area contributed by atoms with E-state index in [-0.39, 0.29) is 54.7 Å². The topological polar surface area (TPSA) is 130 Å². The van der Waals surface area contributed by atoms with Gasteiger partial charge in [-0.2, -0.15) is 0 Å². The lowest BCUT2D eigenvalue weighted by Gasteiger charge is -2.49. The van der Waals surface area contributed by atoms with Crippen molar-refractivity contribution in [2.75, 3.05) is 6.61 Å². The predicted octanol–water partition coefficient (Wildman–Crippen LogP) is 6.56. The van der Waals surface area contributed by atoms with Gasteiger partial charge in [0.1, 0.15) is 29.5 Å². The number of Topliss-reactive ketones (excluding diaryl/α,β-unsaturated/α-hetero) is 1. The highest BCUT2D eigenvalue weighted by molar-refractivity contribution is 5.89. The average molecular weight is 716 g/mol. The maximum Gasteiger partial charge on any atom is 0.340 e. The lowest BCUT2D eigenvalue weighted by molar-refractivity contribution is -0.319. The van der Waals surface area contributed by atoms with E-state index in [1.807, 2.05) is 19.9 Å². The summed E-state index contributed by atoms with van der Waals surface area (Å²) in [5.74, 6) is -3.54. The first-order valence-corrected chi connectivity index (χ1v) is 18.6. The number of esters is 2. The van der Waals surface area contributed by atoms with Gasteiger partial charge in [0.15, 0.2) is 11.9 Å². The molecule has 5 heterocycles. The average Bonchev–Trinajstić information content (AvgIpc) is 3.42. The van der Waals surface area contributed by atoms with Crippen molar-refractivity contribution in [1.29, 1.82) is 0 Å². The first-order valence-electron chi connectivity index (χ1n) is 18.6. The highest BCUT2D eigenvalue weighted by Crippen LogP contribution is 2.48. The molecular weight excluding hydrogens is 662 g/mol. The minimum absolute atomic E-state index is 0.0336. The molecule has 280 valence electrons. The molecule has 10 nitrogen and oxygen atoms in total. The number of allylic oxidation sites excluding steroid dienone is 5. The normalized spacial score (nSPS) is 39.8. The van der Waals surface area contributed by atoms with Gasteiger partial charge in [-0.05, 0) is 74.3 Å². The van der Waals surface area contributed by atoms with E-state index >= 15 is 0 Å². The van der Waals surface area contributed by atoms with Gasteiger partial charge >= 0.3 is 11.9 Å². The summed E-state index contributed by atoms with van der Waals surface area (Å²) in [5, 5.41) is 12.7. The zero-order valence-electron chi connectivity index (χ0n) is 31.4. The number of carbonyl (C=O) groups excluding carboxylic acids is 3. The van der Waals surface area contributed by atoms with Crippen molar-refractivity contribution in [3.8, 4) is 0 Å². The largest absolute Gasteiger partial charge is 0.462 e. The van der Waals surface area contributed by atoms with Crippen LogP contribution in [0.1, 0.15) is 90.9 Å². The Kier molecular flexibility index (Phi) is 11.2. The van der Waals surface area contributed by atoms with Crippen LogP contribution in [0, 0.1) is 23.7 Å². The Hall–Kier alpha value is -3.70. The maximum atomic E-state index is 14.4. The van der Waals surface area contributed by atoms with Gasteiger partial charge in [0.2, 0.25) is 0 Å². The monoisotopic (exact) mass is 715 g/mol. The van der Waals surface area contributed by atoms with Crippen molar-refractivity contribution in [1.82, 2.24) is 4.98 Å². The van der Waals surface area contributed by atoms with Gasteiger partial charge in [0.25, 0.3) is 0 Å². The Morgan fingerprint density at radius 1 is 1.15 bits per heavy atom. The molecule has 10 atom stereocenters. The van der Waals surface area contributed by atoms with Crippen molar-refractivity contribution in [2.45, 2.75) is 122 Å². The lowest BCUT2D eigenvalue weighted by atomic mass is 9.70. The molecule has 1 aromatic heterocycles. The summed E-state index contributed by atoms with van der Waals surface area (Å²) >= 11 is 0. The molecule has 0 aromatic carbocycles. The zero-order chi connectivity index (χ0) is 37.4. The molecule has 52 heavy (non-hydrogen) atoms. The van der Waals surface area contributed by atoms with E-state index in [1.165, 1.54) is 11.8 Å². The third kappa shape index (κ3) is 7.81. The lowest BCUT2D eigenvalue weighted by Crippen LogP contribution is -2.59. The van der Waals surface area contributed by atoms with E-state index in [2.05, 4.69) is 50.9 Å². The van der Waals surface area contributed by atoms with Crippen LogP contribution in [0.2, 0.25) is 0 Å². The third-order valence-electron chi connectivity index (χ3n) is 11.0. The number of fused-ring (bicyclic) bond motifs is 2. The van der Waals surface area contributed by atoms with Crippen molar-refractivity contribution < 1.29 is 43.2 Å². The predicted molar refractivity (Wildman–Crippen MR) is 194 cm³/mol. The summed E-state index contributed by atoms with van der Waals surface area (Å²) in [7, 11) is 0. The number of nitrogens with zero attached hydrogens (tertiary/aromatic N) is 1. The maximum absolute atomic E-state index is 14.4. The van der Waals surface area contributed by atoms with E-state index in [0.29, 0.717) is 24.0 Å². The van der Waals surface area contributed by atoms with Gasteiger partial charge in [-0.3, -0.25) is 14.6 Å². The summed E-state index contributed by atoms with van der Waals surface area (Å²) in [5.41, 5.74) is 1.59. The Balaban J connectivity index is 1.37. The van der Waals surface area contributed by atoms with Crippen LogP contribution in [0.4, 0.5) is 0 Å². The molecule has 0 saturated carbocycles. The molecule has 1 aromatic rings. The number of aliphatic hydroxyl groups is 1. The molecule has 0 unspecified atom stereocenters. The first-order chi connectivity index (χ1) is 24.7. The highest BCUT2D eigenvalue weighted by Gasteiger charge is 2.61. The van der Waals surface area contributed by atoms with Gasteiger partial charge in [0, 0.05) is 31.2 Å². The summed E-state index contributed by atoms with van der Waals surface area (Å²) in [6, 6.07) is 3.24. The minimum atomic E-state index is -1.87. The molecule has 5 aliphatic rings. The Morgan fingerprint density at radius 3 is 2.67 bits per heavy atom. The van der Waals surface area contributed by atoms with Crippen molar-refractivity contribution in [3.05, 3.63) is 88.8 Å². The number of ether oxygens (including phenoxy) is 5. The number of pyridine rings is 1. The Bertz CT molecular complexity index is 1690. The molecule has 0 radical (unpaired) electrons. The van der Waals surface area contributed by atoms with Gasteiger partial charge in [-0.15, -0.1) is 0 Å². The molecule has 3 fully saturated rings. The van der Waals surface area contributed by atoms with Crippen LogP contribution in [0.3, 0.4) is 0 Å². The fraction of sp³-hybridized carbons (Fsp3) is 0.571. The standard InChI is InChI=1S/C42H53NO9/c1-24(2)16-27(5)36-29(7)35(44)21-41(52-36)20-33-19-32(51-41)14-13-26(4)17-25(3)10-8-12-31-23-48-38-37(50-39(45)30-11-9-15-43-22-30)28(6)18-34(40(46)49-33)42(31,38)47/h8-13,15-16,18,22,24-25,29,32-34,36-38,47H,14,17,19-21,23H2,1-7H3/b10-8+,26-13+,27-16+,31-12+/t25-,29-,32+,33-,34-,36+,37+,38+,41-,42+/m0/s1. The number of hydrogen-bond donors (Lipinski definition) is 1. The first kappa shape index (κ1) is 38.0. The van der Waals surface area contributed by atoms with E-state index in [4.69, 9.17) is 23.7 Å². The van der Waals surface area contributed by atoms with Crippen LogP contribution in [-0.2, 0) is 33.3 Å². The molecule has 2 bridgehead atoms. The number of ketones is 1. The summed E-state index contributed by atoms with van der Waals surface area (Å²) < 4.78 is 32.0. The summed E-state index contributed by atoms with van der Waals surface area (Å²) in [6.45, 7) is 14.1. The van der Waals surface area contributed by atoms with E-state index in [9.17, 15) is 19.5 Å². The van der Waals surface area contributed by atoms with Crippen LogP contribution >= 0.6 is 0 Å². The molecule has 4 aliphatic heterocycles. The number of carbonyl (C=O) groups is 3. The second kappa shape index (κ2) is 15.3. The van der Waals surface area contributed by atoms with Gasteiger partial charge in [0.05, 0.1) is 30.8 Å². The van der Waals surface area contributed by atoms with Crippen LogP contribution in [0.15, 0.2) is 83.3 Å². The van der Waals surface area contributed by atoms with E-state index < -0.39 is 53.7 Å². The number of rotatable bonds is 4. The minimum Gasteiger partial charge on any atom is -0.462 e. The molecule has 10 heteroatoms. The molecule has 0 amide bonds. The fourth-order valence-electron chi connectivity index (χ4n) is 8.49. The van der Waals surface area contributed by atoms with Crippen LogP contribution in [0.5, 0.6) is 0 Å². The van der Waals surface area contributed by atoms with E-state index in [0.717, 1.165) is 12.0 Å². The summed E-state index contributed by atoms with van der Waals surface area (Å²) in [6.07, 6.45) is 13.1. The van der Waals surface area contributed by atoms with Crippen molar-refractivity contribution in [3.63, 3.8) is 0 Å². The second-order valence-corrected chi connectivity index (χ2v) is 15.8. The summed E-state index contributed by atoms with van der Waals surface area (Å²) in [4.78, 5) is 45.2. The van der Waals surface area contributed by atoms with E-state index in [1.54, 1.807) is 37.4 Å². The number of hydrogen-bond acceptors (Lipinski definition) is 10. The third-order valence-corrected chi connectivity index (χ3v) is 11.0. The zero-order valence-corrected chi connectivity index (χ0v) is 31.4. The fourth-order valence-corrected chi connectivity index (χ4v) is 8.49. The Morgan fingerprint density at radius 2 is 1.94 bits per heavy atom. The molecule has 1 aliphatic carbocycles. The van der Waals surface area contributed by atoms with Crippen molar-refractivity contribution in [2.24, 2.45) is 23.7 Å². The smallest absolute Gasteiger partial charge is 0.340 e. The molecule has 1 spiro atoms. The molecule has 3 saturated heterocycles. The second-order valence-electron chi connectivity index (χ2n) is 15.8. The van der Waals surface area contributed by atoms with Crippen LogP contribution in [0.25, 0.3) is 0 Å².